The molecule has 2 aromatic heterocycles. The number of aryl methyl sites for hydroxylation is 3. The molecule has 0 saturated heterocycles. The first-order chi connectivity index (χ1) is 12.2. The monoisotopic (exact) mass is 373 g/mol. The van der Waals surface area contributed by atoms with Crippen LogP contribution in [0.25, 0.3) is 5.78 Å². The van der Waals surface area contributed by atoms with E-state index < -0.39 is 15.2 Å². The number of carbonyl (C=O) groups is 1. The molecule has 26 heavy (non-hydrogen) atoms. The number of fused-ring (bicyclic) bond motifs is 1. The molecule has 0 unspecified atom stereocenters. The molecule has 1 aromatic carbocycles. The Morgan fingerprint density at radius 3 is 2.62 bits per heavy atom. The summed E-state index contributed by atoms with van der Waals surface area (Å²) >= 11 is 0. The average Bonchev–Trinajstić information content (AvgIpc) is 3.01. The topological polar surface area (TPSA) is 106 Å². The van der Waals surface area contributed by atoms with Gasteiger partial charge in [0.15, 0.2) is 5.78 Å². The summed E-state index contributed by atoms with van der Waals surface area (Å²) in [5.74, 6) is 0.0556. The lowest BCUT2D eigenvalue weighted by Gasteiger charge is -2.12. The van der Waals surface area contributed by atoms with E-state index >= 15 is 0 Å². The van der Waals surface area contributed by atoms with Crippen LogP contribution in [0, 0.1) is 20.8 Å². The highest BCUT2D eigenvalue weighted by atomic mass is 32.2. The maximum absolute atomic E-state index is 12.8. The minimum Gasteiger partial charge on any atom is -0.294 e. The molecule has 0 bridgehead atoms. The second-order valence-corrected chi connectivity index (χ2v) is 7.60. The van der Waals surface area contributed by atoms with Gasteiger partial charge < -0.3 is 0 Å². The van der Waals surface area contributed by atoms with E-state index in [0.717, 1.165) is 5.69 Å². The molecule has 2 heterocycles. The Kier molecular flexibility index (Phi) is 4.49. The van der Waals surface area contributed by atoms with E-state index in [1.807, 2.05) is 0 Å². The Hall–Kier alpha value is -2.81. The Bertz CT molecular complexity index is 1120. The number of aromatic nitrogens is 4. The first-order valence-electron chi connectivity index (χ1n) is 8.09. The van der Waals surface area contributed by atoms with Crippen LogP contribution in [-0.4, -0.2) is 33.8 Å². The number of carbonyl (C=O) groups excluding carboxylic acids is 1. The highest BCUT2D eigenvalue weighted by Crippen LogP contribution is 2.24. The molecule has 0 amide bonds. The van der Waals surface area contributed by atoms with Crippen LogP contribution in [0.2, 0.25) is 0 Å². The van der Waals surface area contributed by atoms with Gasteiger partial charge in [0, 0.05) is 23.4 Å². The predicted molar refractivity (Wildman–Crippen MR) is 96.9 cm³/mol. The van der Waals surface area contributed by atoms with Crippen molar-refractivity contribution < 1.29 is 13.2 Å². The molecule has 3 aromatic rings. The van der Waals surface area contributed by atoms with E-state index in [1.165, 1.54) is 4.52 Å². The Morgan fingerprint density at radius 1 is 1.19 bits per heavy atom. The van der Waals surface area contributed by atoms with Gasteiger partial charge in [-0.3, -0.25) is 9.52 Å². The summed E-state index contributed by atoms with van der Waals surface area (Å²) in [7, 11) is -4.08. The molecule has 3 rings (SSSR count). The molecule has 1 N–H and O–H groups in total. The zero-order valence-corrected chi connectivity index (χ0v) is 15.8. The summed E-state index contributed by atoms with van der Waals surface area (Å²) < 4.78 is 29.4. The van der Waals surface area contributed by atoms with Gasteiger partial charge in [-0.05, 0) is 38.5 Å². The van der Waals surface area contributed by atoms with Gasteiger partial charge in [0.25, 0.3) is 21.0 Å². The molecule has 9 heteroatoms. The van der Waals surface area contributed by atoms with E-state index in [-0.39, 0.29) is 23.7 Å². The van der Waals surface area contributed by atoms with Gasteiger partial charge in [-0.2, -0.15) is 13.4 Å². The molecule has 8 nitrogen and oxygen atoms in total. The van der Waals surface area contributed by atoms with Crippen molar-refractivity contribution in [1.29, 1.82) is 0 Å². The molecule has 0 aliphatic heterocycles. The number of ketones is 1. The first-order valence-corrected chi connectivity index (χ1v) is 9.58. The van der Waals surface area contributed by atoms with Crippen LogP contribution < -0.4 is 4.72 Å². The first kappa shape index (κ1) is 18.0. The van der Waals surface area contributed by atoms with Gasteiger partial charge in [-0.25, -0.2) is 9.50 Å². The lowest BCUT2D eigenvalue weighted by atomic mass is 10.0. The van der Waals surface area contributed by atoms with Crippen LogP contribution in [0.15, 0.2) is 29.4 Å². The van der Waals surface area contributed by atoms with Crippen LogP contribution in [0.4, 0.5) is 5.69 Å². The predicted octanol–water partition coefficient (Wildman–Crippen LogP) is 2.44. The summed E-state index contributed by atoms with van der Waals surface area (Å²) in [6.45, 7) is 7.05. The highest BCUT2D eigenvalue weighted by Gasteiger charge is 2.24. The zero-order valence-electron chi connectivity index (χ0n) is 14.9. The van der Waals surface area contributed by atoms with E-state index in [0.29, 0.717) is 16.8 Å². The Morgan fingerprint density at radius 2 is 1.92 bits per heavy atom. The van der Waals surface area contributed by atoms with Crippen molar-refractivity contribution in [2.75, 3.05) is 4.72 Å². The molecule has 0 spiro atoms. The Balaban J connectivity index is 2.08. The van der Waals surface area contributed by atoms with Crippen molar-refractivity contribution in [3.05, 3.63) is 46.8 Å². The maximum Gasteiger partial charge on any atom is 0.299 e. The Labute approximate surface area is 151 Å². The van der Waals surface area contributed by atoms with Gasteiger partial charge in [0.2, 0.25) is 0 Å². The number of nitrogens with zero attached hydrogens (tertiary/aromatic N) is 4. The normalized spacial score (nSPS) is 11.7. The van der Waals surface area contributed by atoms with Gasteiger partial charge in [-0.1, -0.05) is 19.1 Å². The molecule has 0 aliphatic rings. The van der Waals surface area contributed by atoms with Gasteiger partial charge in [0.05, 0.1) is 5.69 Å². The van der Waals surface area contributed by atoms with Gasteiger partial charge in [0.1, 0.15) is 0 Å². The quantitative estimate of drug-likeness (QED) is 0.689. The lowest BCUT2D eigenvalue weighted by Crippen LogP contribution is -2.18. The average molecular weight is 373 g/mol. The highest BCUT2D eigenvalue weighted by molar-refractivity contribution is 7.92. The van der Waals surface area contributed by atoms with Crippen molar-refractivity contribution in [2.24, 2.45) is 0 Å². The number of anilines is 1. The summed E-state index contributed by atoms with van der Waals surface area (Å²) in [4.78, 5) is 20.4. The number of rotatable bonds is 5. The van der Waals surface area contributed by atoms with Crippen molar-refractivity contribution in [2.45, 2.75) is 39.3 Å². The van der Waals surface area contributed by atoms with Crippen LogP contribution in [0.5, 0.6) is 0 Å². The molecular weight excluding hydrogens is 354 g/mol. The number of hydrogen-bond donors (Lipinski definition) is 1. The second-order valence-electron chi connectivity index (χ2n) is 6.02. The lowest BCUT2D eigenvalue weighted by molar-refractivity contribution is 0.0989. The van der Waals surface area contributed by atoms with Crippen molar-refractivity contribution >= 4 is 27.3 Å². The van der Waals surface area contributed by atoms with E-state index in [4.69, 9.17) is 0 Å². The minimum atomic E-state index is -4.08. The molecule has 0 atom stereocenters. The smallest absolute Gasteiger partial charge is 0.294 e. The molecule has 136 valence electrons. The van der Waals surface area contributed by atoms with E-state index in [9.17, 15) is 13.2 Å². The third-order valence-corrected chi connectivity index (χ3v) is 5.10. The molecular formula is C17H19N5O3S. The number of Topliss-reactive ketones (excluding diaryl/α,β-unsaturated/α-hetero) is 1. The maximum atomic E-state index is 12.8. The molecule has 0 radical (unpaired) electrons. The fourth-order valence-electron chi connectivity index (χ4n) is 2.67. The van der Waals surface area contributed by atoms with Crippen LogP contribution >= 0.6 is 0 Å². The SMILES string of the molecule is CCC(=O)c1cccc(C)c1NS(=O)(=O)c1nc2nc(C)cc(C)n2n1. The summed E-state index contributed by atoms with van der Waals surface area (Å²) in [5, 5.41) is 3.66. The van der Waals surface area contributed by atoms with E-state index in [2.05, 4.69) is 19.8 Å². The summed E-state index contributed by atoms with van der Waals surface area (Å²) in [6.07, 6.45) is 0.271. The standard InChI is InChI=1S/C17H19N5O3S/c1-5-14(23)13-8-6-7-10(2)15(13)21-26(24,25)17-19-16-18-11(3)9-12(4)22(16)20-17/h6-9,21H,5H2,1-4H3. The number of para-hydroxylation sites is 1. The summed E-state index contributed by atoms with van der Waals surface area (Å²) in [6, 6.07) is 6.83. The van der Waals surface area contributed by atoms with Gasteiger partial charge in [-0.15, -0.1) is 5.10 Å². The third kappa shape index (κ3) is 3.17. The molecule has 0 aliphatic carbocycles. The zero-order chi connectivity index (χ0) is 19.1. The number of nitrogens with one attached hydrogen (secondary N) is 1. The number of benzene rings is 1. The third-order valence-electron chi connectivity index (χ3n) is 3.97. The second kappa shape index (κ2) is 6.49. The number of hydrogen-bond acceptors (Lipinski definition) is 6. The van der Waals surface area contributed by atoms with Crippen LogP contribution in [0.3, 0.4) is 0 Å². The van der Waals surface area contributed by atoms with Gasteiger partial charge >= 0.3 is 0 Å². The minimum absolute atomic E-state index is 0.150. The fourth-order valence-corrected chi connectivity index (χ4v) is 3.69. The fraction of sp³-hybridized carbons (Fsp3) is 0.294. The van der Waals surface area contributed by atoms with Crippen molar-refractivity contribution in [1.82, 2.24) is 19.6 Å². The molecule has 0 saturated carbocycles. The van der Waals surface area contributed by atoms with E-state index in [1.54, 1.807) is 52.0 Å². The van der Waals surface area contributed by atoms with Crippen molar-refractivity contribution in [3.8, 4) is 0 Å². The van der Waals surface area contributed by atoms with Crippen LogP contribution in [0.1, 0.15) is 40.7 Å². The van der Waals surface area contributed by atoms with Crippen molar-refractivity contribution in [3.63, 3.8) is 0 Å². The molecule has 0 fully saturated rings. The summed E-state index contributed by atoms with van der Waals surface area (Å²) in [5.41, 5.74) is 2.65. The van der Waals surface area contributed by atoms with Crippen LogP contribution in [-0.2, 0) is 10.0 Å². The number of sulfonamides is 1. The largest absolute Gasteiger partial charge is 0.299 e.